The lowest BCUT2D eigenvalue weighted by molar-refractivity contribution is 0.977. The molecule has 0 atom stereocenters. The van der Waals surface area contributed by atoms with Crippen LogP contribution in [0, 0.1) is 0 Å². The maximum atomic E-state index is 6.48. The molecule has 7 aromatic carbocycles. The molecule has 2 heteroatoms. The van der Waals surface area contributed by atoms with Crippen molar-refractivity contribution in [2.24, 2.45) is 0 Å². The van der Waals surface area contributed by atoms with E-state index in [1.54, 1.807) is 0 Å². The maximum Gasteiger partial charge on any atom is 0.0647 e. The third-order valence-electron chi connectivity index (χ3n) is 7.87. The highest BCUT2D eigenvalue weighted by Gasteiger charge is 2.17. The van der Waals surface area contributed by atoms with E-state index < -0.39 is 0 Å². The van der Waals surface area contributed by atoms with Crippen molar-refractivity contribution in [1.82, 2.24) is 0 Å². The van der Waals surface area contributed by atoms with Crippen LogP contribution in [0.5, 0.6) is 0 Å². The zero-order valence-corrected chi connectivity index (χ0v) is 22.7. The Morgan fingerprint density at radius 2 is 0.854 bits per heavy atom. The Hall–Kier alpha value is -5.34. The minimum absolute atomic E-state index is 0.728. The van der Waals surface area contributed by atoms with Gasteiger partial charge in [0.05, 0.1) is 11.4 Å². The molecular weight excluding hydrogens is 496 g/mol. The Morgan fingerprint density at radius 1 is 0.415 bits per heavy atom. The van der Waals surface area contributed by atoms with E-state index in [-0.39, 0.29) is 0 Å². The molecule has 0 spiro atoms. The number of anilines is 3. The first-order valence-corrected chi connectivity index (χ1v) is 14.0. The number of para-hydroxylation sites is 2. The van der Waals surface area contributed by atoms with Gasteiger partial charge in [-0.3, -0.25) is 0 Å². The van der Waals surface area contributed by atoms with E-state index in [0.717, 1.165) is 23.6 Å². The van der Waals surface area contributed by atoms with Crippen LogP contribution in [0.3, 0.4) is 0 Å². The molecule has 7 aromatic rings. The second-order valence-corrected chi connectivity index (χ2v) is 10.4. The number of rotatable bonds is 6. The molecule has 196 valence electrons. The molecule has 0 aliphatic rings. The molecule has 0 heterocycles. The smallest absolute Gasteiger partial charge is 0.0647 e. The van der Waals surface area contributed by atoms with Crippen LogP contribution >= 0.6 is 0 Å². The summed E-state index contributed by atoms with van der Waals surface area (Å²) >= 11 is 0. The Balaban J connectivity index is 1.39. The van der Waals surface area contributed by atoms with Crippen molar-refractivity contribution in [3.63, 3.8) is 0 Å². The van der Waals surface area contributed by atoms with Crippen LogP contribution in [0.4, 0.5) is 17.1 Å². The molecule has 0 radical (unpaired) electrons. The maximum absolute atomic E-state index is 6.48. The monoisotopic (exact) mass is 526 g/mol. The van der Waals surface area contributed by atoms with Crippen molar-refractivity contribution in [2.45, 2.75) is 6.54 Å². The van der Waals surface area contributed by atoms with Crippen molar-refractivity contribution in [1.29, 1.82) is 0 Å². The van der Waals surface area contributed by atoms with Gasteiger partial charge in [-0.2, -0.15) is 0 Å². The zero-order chi connectivity index (χ0) is 27.6. The van der Waals surface area contributed by atoms with Crippen LogP contribution in [0.1, 0.15) is 5.56 Å². The lowest BCUT2D eigenvalue weighted by atomic mass is 9.86. The van der Waals surface area contributed by atoms with Gasteiger partial charge in [0.1, 0.15) is 0 Å². The lowest BCUT2D eigenvalue weighted by Gasteiger charge is -2.27. The second kappa shape index (κ2) is 10.7. The van der Waals surface area contributed by atoms with E-state index in [4.69, 9.17) is 5.73 Å². The summed E-state index contributed by atoms with van der Waals surface area (Å²) in [5.74, 6) is 0. The number of nitrogens with two attached hydrogens (primary N) is 1. The average Bonchev–Trinajstić information content (AvgIpc) is 3.04. The fourth-order valence-electron chi connectivity index (χ4n) is 5.98. The second-order valence-electron chi connectivity index (χ2n) is 10.4. The van der Waals surface area contributed by atoms with Gasteiger partial charge in [-0.25, -0.2) is 0 Å². The normalized spacial score (nSPS) is 11.1. The minimum Gasteiger partial charge on any atom is -0.397 e. The van der Waals surface area contributed by atoms with Crippen LogP contribution in [0.2, 0.25) is 0 Å². The van der Waals surface area contributed by atoms with Crippen LogP contribution < -0.4 is 10.6 Å². The average molecular weight is 527 g/mol. The summed E-state index contributed by atoms with van der Waals surface area (Å²) in [6, 6.07) is 55.9. The van der Waals surface area contributed by atoms with Crippen molar-refractivity contribution >= 4 is 38.6 Å². The van der Waals surface area contributed by atoms with Crippen LogP contribution in [-0.4, -0.2) is 0 Å². The van der Waals surface area contributed by atoms with E-state index in [1.807, 2.05) is 18.2 Å². The summed E-state index contributed by atoms with van der Waals surface area (Å²) < 4.78 is 0. The van der Waals surface area contributed by atoms with Crippen molar-refractivity contribution < 1.29 is 0 Å². The first-order valence-electron chi connectivity index (χ1n) is 14.0. The third kappa shape index (κ3) is 4.60. The highest BCUT2D eigenvalue weighted by Crippen LogP contribution is 2.44. The summed E-state index contributed by atoms with van der Waals surface area (Å²) in [5, 5.41) is 5.04. The van der Waals surface area contributed by atoms with Crippen LogP contribution in [-0.2, 0) is 6.54 Å². The van der Waals surface area contributed by atoms with Gasteiger partial charge < -0.3 is 10.6 Å². The van der Waals surface area contributed by atoms with Crippen molar-refractivity contribution in [2.75, 3.05) is 10.6 Å². The standard InChI is InChI=1S/C39H30N2/c40-36-21-11-12-22-37(36)41(27-28-13-3-1-4-14-28)31-25-23-30(24-26-31)39-34-19-9-7-17-32(34)38(29-15-5-2-6-16-29)33-18-8-10-20-35(33)39/h1-26H,27,40H2. The number of hydrogen-bond donors (Lipinski definition) is 1. The molecule has 2 nitrogen and oxygen atoms in total. The summed E-state index contributed by atoms with van der Waals surface area (Å²) in [4.78, 5) is 2.29. The summed E-state index contributed by atoms with van der Waals surface area (Å²) in [5.41, 5.74) is 15.6. The first-order chi connectivity index (χ1) is 20.3. The number of nitrogens with zero attached hydrogens (tertiary/aromatic N) is 1. The largest absolute Gasteiger partial charge is 0.397 e. The van der Waals surface area contributed by atoms with Crippen LogP contribution in [0.15, 0.2) is 158 Å². The van der Waals surface area contributed by atoms with Gasteiger partial charge in [-0.15, -0.1) is 0 Å². The fourth-order valence-corrected chi connectivity index (χ4v) is 5.98. The summed E-state index contributed by atoms with van der Waals surface area (Å²) in [7, 11) is 0. The van der Waals surface area contributed by atoms with Gasteiger partial charge in [0.25, 0.3) is 0 Å². The molecule has 0 unspecified atom stereocenters. The molecule has 41 heavy (non-hydrogen) atoms. The quantitative estimate of drug-likeness (QED) is 0.172. The number of hydrogen-bond acceptors (Lipinski definition) is 2. The molecule has 0 aliphatic carbocycles. The number of benzene rings is 7. The zero-order valence-electron chi connectivity index (χ0n) is 22.7. The molecule has 0 saturated carbocycles. The predicted octanol–water partition coefficient (Wildman–Crippen LogP) is 10.2. The third-order valence-corrected chi connectivity index (χ3v) is 7.87. The van der Waals surface area contributed by atoms with E-state index in [2.05, 4.69) is 144 Å². The topological polar surface area (TPSA) is 29.3 Å². The summed E-state index contributed by atoms with van der Waals surface area (Å²) in [6.07, 6.45) is 0. The molecule has 7 rings (SSSR count). The Kier molecular flexibility index (Phi) is 6.42. The van der Waals surface area contributed by atoms with Crippen LogP contribution in [0.25, 0.3) is 43.8 Å². The van der Waals surface area contributed by atoms with E-state index in [0.29, 0.717) is 0 Å². The molecule has 0 bridgehead atoms. The minimum atomic E-state index is 0.728. The predicted molar refractivity (Wildman–Crippen MR) is 175 cm³/mol. The van der Waals surface area contributed by atoms with E-state index in [1.165, 1.54) is 49.4 Å². The highest BCUT2D eigenvalue weighted by molar-refractivity contribution is 6.21. The molecule has 0 fully saturated rings. The SMILES string of the molecule is Nc1ccccc1N(Cc1ccccc1)c1ccc(-c2c3ccccc3c(-c3ccccc3)c3ccccc23)cc1. The van der Waals surface area contributed by atoms with E-state index in [9.17, 15) is 0 Å². The Bertz CT molecular complexity index is 1900. The Morgan fingerprint density at radius 3 is 1.39 bits per heavy atom. The first kappa shape index (κ1) is 24.7. The number of fused-ring (bicyclic) bond motifs is 2. The van der Waals surface area contributed by atoms with Gasteiger partial charge in [0, 0.05) is 12.2 Å². The van der Waals surface area contributed by atoms with Crippen molar-refractivity contribution in [3.8, 4) is 22.3 Å². The highest BCUT2D eigenvalue weighted by atomic mass is 15.1. The molecular formula is C39H30N2. The summed E-state index contributed by atoms with van der Waals surface area (Å²) in [6.45, 7) is 0.728. The number of nitrogen functional groups attached to an aromatic ring is 1. The van der Waals surface area contributed by atoms with Crippen molar-refractivity contribution in [3.05, 3.63) is 163 Å². The van der Waals surface area contributed by atoms with Gasteiger partial charge in [-0.05, 0) is 73.6 Å². The lowest BCUT2D eigenvalue weighted by Crippen LogP contribution is -2.17. The van der Waals surface area contributed by atoms with E-state index >= 15 is 0 Å². The van der Waals surface area contributed by atoms with Gasteiger partial charge in [0.2, 0.25) is 0 Å². The van der Waals surface area contributed by atoms with Gasteiger partial charge in [0.15, 0.2) is 0 Å². The molecule has 0 aliphatic heterocycles. The Labute approximate surface area is 240 Å². The fraction of sp³-hybridized carbons (Fsp3) is 0.0256. The molecule has 0 saturated heterocycles. The van der Waals surface area contributed by atoms with Gasteiger partial charge >= 0.3 is 0 Å². The van der Waals surface area contributed by atoms with Gasteiger partial charge in [-0.1, -0.05) is 133 Å². The molecule has 0 amide bonds. The molecule has 2 N–H and O–H groups in total. The molecule has 0 aromatic heterocycles.